The number of carbonyl (C=O) groups is 3. The van der Waals surface area contributed by atoms with Gasteiger partial charge in [-0.2, -0.15) is 0 Å². The Labute approximate surface area is 215 Å². The Bertz CT molecular complexity index is 1420. The lowest BCUT2D eigenvalue weighted by Crippen LogP contribution is -2.40. The third-order valence-corrected chi connectivity index (χ3v) is 8.43. The molecule has 6 nitrogen and oxygen atoms in total. The second-order valence-corrected chi connectivity index (χ2v) is 10.9. The maximum Gasteiger partial charge on any atom is 0.339 e. The van der Waals surface area contributed by atoms with Gasteiger partial charge >= 0.3 is 5.97 Å². The minimum atomic E-state index is -0.717. The summed E-state index contributed by atoms with van der Waals surface area (Å²) in [7, 11) is 0. The predicted molar refractivity (Wildman–Crippen MR) is 138 cm³/mol. The number of benzene rings is 3. The van der Waals surface area contributed by atoms with E-state index >= 15 is 0 Å². The summed E-state index contributed by atoms with van der Waals surface area (Å²) in [4.78, 5) is 40.3. The van der Waals surface area contributed by atoms with Crippen LogP contribution in [0.3, 0.4) is 0 Å². The highest BCUT2D eigenvalue weighted by atomic mass is 16.6. The van der Waals surface area contributed by atoms with Crippen molar-refractivity contribution >= 4 is 17.8 Å². The molecule has 2 aliphatic heterocycles. The number of likely N-dealkylation sites (tertiary alicyclic amines) is 1. The van der Waals surface area contributed by atoms with Gasteiger partial charge in [0.15, 0.2) is 5.60 Å². The molecule has 0 radical (unpaired) electrons. The van der Waals surface area contributed by atoms with Crippen LogP contribution in [0.4, 0.5) is 0 Å². The molecule has 7 rings (SSSR count). The fraction of sp³-hybridized carbons (Fsp3) is 0.323. The summed E-state index contributed by atoms with van der Waals surface area (Å²) in [5.41, 5.74) is 4.11. The Balaban J connectivity index is 1.07. The summed E-state index contributed by atoms with van der Waals surface area (Å²) in [6.07, 6.45) is 4.43. The lowest BCUT2D eigenvalue weighted by atomic mass is 9.91. The number of hydrogen-bond donors (Lipinski definition) is 1. The first kappa shape index (κ1) is 22.3. The molecule has 3 aromatic carbocycles. The summed E-state index contributed by atoms with van der Waals surface area (Å²) in [6.45, 7) is 0.996. The highest BCUT2D eigenvalue weighted by molar-refractivity contribution is 5.96. The monoisotopic (exact) mass is 492 g/mol. The molecule has 37 heavy (non-hydrogen) atoms. The number of fused-ring (bicyclic) bond motifs is 2. The quantitative estimate of drug-likeness (QED) is 0.529. The van der Waals surface area contributed by atoms with E-state index in [0.717, 1.165) is 47.9 Å². The third-order valence-electron chi connectivity index (χ3n) is 8.43. The number of rotatable bonds is 5. The van der Waals surface area contributed by atoms with E-state index in [1.807, 2.05) is 47.4 Å². The van der Waals surface area contributed by atoms with Crippen LogP contribution in [0, 0.1) is 0 Å². The molecular weight excluding hydrogens is 464 g/mol. The summed E-state index contributed by atoms with van der Waals surface area (Å²) in [5, 5.41) is 3.02. The van der Waals surface area contributed by atoms with Gasteiger partial charge in [-0.3, -0.25) is 9.59 Å². The molecule has 3 aromatic rings. The number of hydrogen-bond acceptors (Lipinski definition) is 4. The molecule has 0 bridgehead atoms. The number of ether oxygens (including phenoxy) is 1. The number of carbonyl (C=O) groups excluding carboxylic acids is 3. The van der Waals surface area contributed by atoms with Crippen molar-refractivity contribution in [1.82, 2.24) is 10.2 Å². The van der Waals surface area contributed by atoms with Crippen molar-refractivity contribution in [2.24, 2.45) is 0 Å². The van der Waals surface area contributed by atoms with Crippen molar-refractivity contribution in [3.63, 3.8) is 0 Å². The molecule has 1 N–H and O–H groups in total. The van der Waals surface area contributed by atoms with Gasteiger partial charge in [0.05, 0.1) is 17.5 Å². The molecule has 2 heterocycles. The molecule has 186 valence electrons. The zero-order valence-electron chi connectivity index (χ0n) is 20.5. The van der Waals surface area contributed by atoms with Gasteiger partial charge in [-0.25, -0.2) is 4.79 Å². The van der Waals surface area contributed by atoms with Gasteiger partial charge in [-0.05, 0) is 60.6 Å². The molecular formula is C31H28N2O4. The van der Waals surface area contributed by atoms with E-state index < -0.39 is 11.0 Å². The molecule has 2 saturated carbocycles. The van der Waals surface area contributed by atoms with E-state index in [1.165, 1.54) is 0 Å². The van der Waals surface area contributed by atoms with E-state index in [1.54, 1.807) is 6.07 Å². The van der Waals surface area contributed by atoms with Crippen molar-refractivity contribution in [2.45, 2.75) is 49.2 Å². The van der Waals surface area contributed by atoms with Crippen LogP contribution in [0.2, 0.25) is 0 Å². The van der Waals surface area contributed by atoms with Gasteiger partial charge in [0.25, 0.3) is 5.91 Å². The summed E-state index contributed by atoms with van der Waals surface area (Å²) in [5.74, 6) is -0.181. The average molecular weight is 493 g/mol. The molecule has 2 aliphatic carbocycles. The first-order chi connectivity index (χ1) is 18.0. The van der Waals surface area contributed by atoms with Crippen LogP contribution in [0.25, 0.3) is 11.1 Å². The van der Waals surface area contributed by atoms with Gasteiger partial charge in [-0.1, -0.05) is 54.6 Å². The van der Waals surface area contributed by atoms with Crippen molar-refractivity contribution in [1.29, 1.82) is 0 Å². The molecule has 1 saturated heterocycles. The molecule has 3 fully saturated rings. The highest BCUT2D eigenvalue weighted by Crippen LogP contribution is 2.52. The van der Waals surface area contributed by atoms with Crippen LogP contribution in [0.1, 0.15) is 63.9 Å². The lowest BCUT2D eigenvalue weighted by Gasteiger charge is -2.27. The highest BCUT2D eigenvalue weighted by Gasteiger charge is 2.57. The number of amides is 2. The Morgan fingerprint density at radius 2 is 1.54 bits per heavy atom. The van der Waals surface area contributed by atoms with Gasteiger partial charge in [-0.15, -0.1) is 0 Å². The van der Waals surface area contributed by atoms with Crippen molar-refractivity contribution in [3.8, 4) is 11.1 Å². The topological polar surface area (TPSA) is 75.7 Å². The fourth-order valence-electron chi connectivity index (χ4n) is 5.95. The minimum absolute atomic E-state index is 0.0156. The molecule has 1 spiro atoms. The van der Waals surface area contributed by atoms with E-state index in [0.29, 0.717) is 36.7 Å². The molecule has 1 unspecified atom stereocenters. The lowest BCUT2D eigenvalue weighted by molar-refractivity contribution is -0.134. The summed E-state index contributed by atoms with van der Waals surface area (Å²) >= 11 is 0. The van der Waals surface area contributed by atoms with Crippen LogP contribution in [0.15, 0.2) is 72.8 Å². The van der Waals surface area contributed by atoms with Crippen LogP contribution >= 0.6 is 0 Å². The minimum Gasteiger partial charge on any atom is -0.449 e. The third kappa shape index (κ3) is 3.66. The van der Waals surface area contributed by atoms with E-state index in [-0.39, 0.29) is 17.8 Å². The predicted octanol–water partition coefficient (Wildman–Crippen LogP) is 4.58. The Hall–Kier alpha value is -3.93. The number of nitrogens with one attached hydrogen (secondary N) is 1. The maximum atomic E-state index is 13.7. The normalized spacial score (nSPS) is 23.0. The first-order valence-electron chi connectivity index (χ1n) is 13.1. The van der Waals surface area contributed by atoms with E-state index in [2.05, 4.69) is 29.6 Å². The largest absolute Gasteiger partial charge is 0.449 e. The zero-order valence-corrected chi connectivity index (χ0v) is 20.5. The van der Waals surface area contributed by atoms with Crippen molar-refractivity contribution in [2.75, 3.05) is 13.1 Å². The molecule has 4 aliphatic rings. The van der Waals surface area contributed by atoms with Crippen LogP contribution in [-0.4, -0.2) is 41.8 Å². The first-order valence-corrected chi connectivity index (χ1v) is 13.1. The maximum absolute atomic E-state index is 13.7. The van der Waals surface area contributed by atoms with Crippen LogP contribution in [0.5, 0.6) is 0 Å². The SMILES string of the molecule is O=C(NC1CC1)c1ccc(-c2ccc(C3(C(=O)N4CCC5(C4)OC(=O)c4ccccc45)CC3)cc2)cc1. The summed E-state index contributed by atoms with van der Waals surface area (Å²) in [6, 6.07) is 23.8. The van der Waals surface area contributed by atoms with E-state index in [9.17, 15) is 14.4 Å². The van der Waals surface area contributed by atoms with Gasteiger partial charge in [0, 0.05) is 30.1 Å². The summed E-state index contributed by atoms with van der Waals surface area (Å²) < 4.78 is 5.85. The standard InChI is InChI=1S/C31H28N2O4/c34-27(32-24-13-14-24)22-7-5-20(6-8-22)21-9-11-23(12-10-21)30(15-16-30)29(36)33-18-17-31(19-33)26-4-2-1-3-25(26)28(35)37-31/h1-12,24H,13-19H2,(H,32,34). The molecule has 6 heteroatoms. The van der Waals surface area contributed by atoms with Gasteiger partial charge in [0.1, 0.15) is 0 Å². The number of nitrogens with zero attached hydrogens (tertiary/aromatic N) is 1. The van der Waals surface area contributed by atoms with Crippen LogP contribution in [-0.2, 0) is 20.5 Å². The van der Waals surface area contributed by atoms with Crippen molar-refractivity contribution in [3.05, 3.63) is 95.1 Å². The fourth-order valence-corrected chi connectivity index (χ4v) is 5.95. The van der Waals surface area contributed by atoms with E-state index in [4.69, 9.17) is 4.74 Å². The molecule has 1 atom stereocenters. The Morgan fingerprint density at radius 3 is 2.22 bits per heavy atom. The van der Waals surface area contributed by atoms with Gasteiger partial charge < -0.3 is 15.0 Å². The average Bonchev–Trinajstić information content (AvgIpc) is 3.86. The van der Waals surface area contributed by atoms with Gasteiger partial charge in [0.2, 0.25) is 5.91 Å². The second-order valence-electron chi connectivity index (χ2n) is 10.9. The number of esters is 1. The molecule has 0 aromatic heterocycles. The van der Waals surface area contributed by atoms with Crippen molar-refractivity contribution < 1.29 is 19.1 Å². The molecule has 2 amide bonds. The Morgan fingerprint density at radius 1 is 0.865 bits per heavy atom. The zero-order chi connectivity index (χ0) is 25.2. The van der Waals surface area contributed by atoms with Crippen LogP contribution < -0.4 is 5.32 Å². The Kier molecular flexibility index (Phi) is 4.84. The smallest absolute Gasteiger partial charge is 0.339 e. The second kappa shape index (κ2) is 8.04.